The van der Waals surface area contributed by atoms with Gasteiger partial charge in [-0.3, -0.25) is 14.5 Å². The predicted octanol–water partition coefficient (Wildman–Crippen LogP) is 1.46. The van der Waals surface area contributed by atoms with Crippen molar-refractivity contribution in [2.45, 2.75) is 39.7 Å². The number of hydrogen-bond donors (Lipinski definition) is 0. The highest BCUT2D eigenvalue weighted by Gasteiger charge is 2.33. The van der Waals surface area contributed by atoms with Gasteiger partial charge in [0.1, 0.15) is 0 Å². The average Bonchev–Trinajstić information content (AvgIpc) is 2.45. The summed E-state index contributed by atoms with van der Waals surface area (Å²) in [6.45, 7) is 7.70. The van der Waals surface area contributed by atoms with Crippen molar-refractivity contribution in [2.24, 2.45) is 11.8 Å². The van der Waals surface area contributed by atoms with Crippen molar-refractivity contribution in [3.8, 4) is 0 Å². The number of piperidine rings is 1. The second-order valence-corrected chi connectivity index (χ2v) is 5.14. The zero-order valence-corrected chi connectivity index (χ0v) is 12.3. The van der Waals surface area contributed by atoms with Crippen molar-refractivity contribution in [3.63, 3.8) is 0 Å². The molecule has 3 atom stereocenters. The molecule has 0 amide bonds. The highest BCUT2D eigenvalue weighted by atomic mass is 16.5. The molecule has 5 nitrogen and oxygen atoms in total. The number of nitrogens with zero attached hydrogens (tertiary/aromatic N) is 1. The van der Waals surface area contributed by atoms with E-state index in [1.807, 2.05) is 20.8 Å². The van der Waals surface area contributed by atoms with Gasteiger partial charge < -0.3 is 9.47 Å². The van der Waals surface area contributed by atoms with Gasteiger partial charge in [0.15, 0.2) is 0 Å². The highest BCUT2D eigenvalue weighted by molar-refractivity contribution is 5.73. The van der Waals surface area contributed by atoms with E-state index in [4.69, 9.17) is 9.47 Å². The molecule has 5 heteroatoms. The van der Waals surface area contributed by atoms with Gasteiger partial charge in [0.2, 0.25) is 0 Å². The molecule has 0 bridgehead atoms. The fraction of sp³-hybridized carbons (Fsp3) is 0.857. The van der Waals surface area contributed by atoms with Crippen LogP contribution in [-0.2, 0) is 19.1 Å². The Morgan fingerprint density at radius 3 is 2.63 bits per heavy atom. The summed E-state index contributed by atoms with van der Waals surface area (Å²) in [5, 5.41) is 0. The molecule has 1 heterocycles. The Kier molecular flexibility index (Phi) is 6.28. The van der Waals surface area contributed by atoms with Crippen molar-refractivity contribution < 1.29 is 19.1 Å². The molecule has 3 unspecified atom stereocenters. The van der Waals surface area contributed by atoms with Crippen LogP contribution < -0.4 is 0 Å². The molecule has 0 aliphatic carbocycles. The number of esters is 2. The largest absolute Gasteiger partial charge is 0.469 e. The predicted molar refractivity (Wildman–Crippen MR) is 71.6 cm³/mol. The summed E-state index contributed by atoms with van der Waals surface area (Å²) in [5.41, 5.74) is 0. The smallest absolute Gasteiger partial charge is 0.310 e. The van der Waals surface area contributed by atoms with Crippen LogP contribution in [0.1, 0.15) is 33.6 Å². The Morgan fingerprint density at radius 2 is 2.05 bits per heavy atom. The monoisotopic (exact) mass is 271 g/mol. The van der Waals surface area contributed by atoms with Crippen molar-refractivity contribution in [1.82, 2.24) is 4.90 Å². The molecule has 110 valence electrons. The van der Waals surface area contributed by atoms with E-state index >= 15 is 0 Å². The Hall–Kier alpha value is -1.10. The lowest BCUT2D eigenvalue weighted by Gasteiger charge is -2.37. The summed E-state index contributed by atoms with van der Waals surface area (Å²) >= 11 is 0. The number of carbonyl (C=O) groups excluding carboxylic acids is 2. The maximum Gasteiger partial charge on any atom is 0.310 e. The van der Waals surface area contributed by atoms with Crippen molar-refractivity contribution in [3.05, 3.63) is 0 Å². The first kappa shape index (κ1) is 16.0. The second kappa shape index (κ2) is 7.48. The summed E-state index contributed by atoms with van der Waals surface area (Å²) < 4.78 is 9.86. The molecule has 0 aromatic heterocycles. The quantitative estimate of drug-likeness (QED) is 0.709. The van der Waals surface area contributed by atoms with Crippen LogP contribution >= 0.6 is 0 Å². The highest BCUT2D eigenvalue weighted by Crippen LogP contribution is 2.23. The SMILES string of the molecule is CCOC(=O)C1CCCN(C(C)C(C)C(=O)OC)C1. The molecule has 1 fully saturated rings. The molecule has 0 aromatic carbocycles. The van der Waals surface area contributed by atoms with Gasteiger partial charge in [-0.05, 0) is 33.2 Å². The molecule has 0 spiro atoms. The number of hydrogen-bond acceptors (Lipinski definition) is 5. The second-order valence-electron chi connectivity index (χ2n) is 5.14. The van der Waals surface area contributed by atoms with Crippen LogP contribution in [0, 0.1) is 11.8 Å². The zero-order valence-electron chi connectivity index (χ0n) is 12.3. The molecular weight excluding hydrogens is 246 g/mol. The van der Waals surface area contributed by atoms with Gasteiger partial charge in [-0.15, -0.1) is 0 Å². The van der Waals surface area contributed by atoms with Crippen molar-refractivity contribution in [2.75, 3.05) is 26.8 Å². The van der Waals surface area contributed by atoms with Crippen molar-refractivity contribution in [1.29, 1.82) is 0 Å². The van der Waals surface area contributed by atoms with Crippen LogP contribution in [0.3, 0.4) is 0 Å². The van der Waals surface area contributed by atoms with Crippen LogP contribution in [0.5, 0.6) is 0 Å². The molecular formula is C14H25NO4. The van der Waals surface area contributed by atoms with Gasteiger partial charge in [-0.1, -0.05) is 6.92 Å². The first-order valence-corrected chi connectivity index (χ1v) is 6.99. The minimum absolute atomic E-state index is 0.0685. The molecule has 0 N–H and O–H groups in total. The Labute approximate surface area is 115 Å². The number of likely N-dealkylation sites (tertiary alicyclic amines) is 1. The maximum atomic E-state index is 11.8. The van der Waals surface area contributed by atoms with Gasteiger partial charge in [0.25, 0.3) is 0 Å². The third kappa shape index (κ3) is 4.20. The first-order valence-electron chi connectivity index (χ1n) is 6.99. The Bertz CT molecular complexity index is 319. The summed E-state index contributed by atoms with van der Waals surface area (Å²) in [7, 11) is 1.41. The minimum Gasteiger partial charge on any atom is -0.469 e. The lowest BCUT2D eigenvalue weighted by Crippen LogP contribution is -2.47. The summed E-state index contributed by atoms with van der Waals surface area (Å²) in [6, 6.07) is 0.0738. The van der Waals surface area contributed by atoms with Crippen molar-refractivity contribution >= 4 is 11.9 Å². The number of rotatable bonds is 5. The molecule has 19 heavy (non-hydrogen) atoms. The van der Waals surface area contributed by atoms with E-state index in [-0.39, 0.29) is 29.8 Å². The lowest BCUT2D eigenvalue weighted by atomic mass is 9.93. The normalized spacial score (nSPS) is 23.5. The molecule has 1 rings (SSSR count). The fourth-order valence-corrected chi connectivity index (χ4v) is 2.53. The van der Waals surface area contributed by atoms with E-state index in [0.717, 1.165) is 19.4 Å². The topological polar surface area (TPSA) is 55.8 Å². The van der Waals surface area contributed by atoms with Gasteiger partial charge >= 0.3 is 11.9 Å². The summed E-state index contributed by atoms with van der Waals surface area (Å²) in [5.74, 6) is -0.581. The Morgan fingerprint density at radius 1 is 1.37 bits per heavy atom. The average molecular weight is 271 g/mol. The summed E-state index contributed by atoms with van der Waals surface area (Å²) in [6.07, 6.45) is 1.83. The van der Waals surface area contributed by atoms with Crippen LogP contribution in [0.15, 0.2) is 0 Å². The van der Waals surface area contributed by atoms with Gasteiger partial charge in [0, 0.05) is 12.6 Å². The minimum atomic E-state index is -0.203. The first-order chi connectivity index (χ1) is 9.01. The van der Waals surface area contributed by atoms with E-state index in [2.05, 4.69) is 4.90 Å². The van der Waals surface area contributed by atoms with E-state index in [0.29, 0.717) is 13.2 Å². The standard InChI is InChI=1S/C14H25NO4/c1-5-19-14(17)12-7-6-8-15(9-12)11(3)10(2)13(16)18-4/h10-12H,5-9H2,1-4H3. The molecule has 1 aliphatic heterocycles. The summed E-state index contributed by atoms with van der Waals surface area (Å²) in [4.78, 5) is 25.5. The van der Waals surface area contributed by atoms with Gasteiger partial charge in [-0.25, -0.2) is 0 Å². The lowest BCUT2D eigenvalue weighted by molar-refractivity contribution is -0.151. The third-order valence-corrected chi connectivity index (χ3v) is 3.95. The maximum absolute atomic E-state index is 11.8. The number of methoxy groups -OCH3 is 1. The molecule has 0 saturated carbocycles. The van der Waals surface area contributed by atoms with Gasteiger partial charge in [-0.2, -0.15) is 0 Å². The van der Waals surface area contributed by atoms with E-state index in [1.165, 1.54) is 7.11 Å². The van der Waals surface area contributed by atoms with Crippen LogP contribution in [0.2, 0.25) is 0 Å². The van der Waals surface area contributed by atoms with Crippen LogP contribution in [0.4, 0.5) is 0 Å². The molecule has 1 aliphatic rings. The molecule has 0 aromatic rings. The van der Waals surface area contributed by atoms with E-state index in [1.54, 1.807) is 0 Å². The zero-order chi connectivity index (χ0) is 14.4. The molecule has 1 saturated heterocycles. The Balaban J connectivity index is 2.58. The number of carbonyl (C=O) groups is 2. The van der Waals surface area contributed by atoms with Crippen LogP contribution in [0.25, 0.3) is 0 Å². The fourth-order valence-electron chi connectivity index (χ4n) is 2.53. The van der Waals surface area contributed by atoms with Gasteiger partial charge in [0.05, 0.1) is 25.6 Å². The van der Waals surface area contributed by atoms with E-state index in [9.17, 15) is 9.59 Å². The molecule has 0 radical (unpaired) electrons. The number of ether oxygens (including phenoxy) is 2. The third-order valence-electron chi connectivity index (χ3n) is 3.95. The van der Waals surface area contributed by atoms with E-state index < -0.39 is 0 Å². The van der Waals surface area contributed by atoms with Crippen LogP contribution in [-0.4, -0.2) is 49.7 Å².